The lowest BCUT2D eigenvalue weighted by Gasteiger charge is -2.14. The van der Waals surface area contributed by atoms with Gasteiger partial charge < -0.3 is 19.2 Å². The molecule has 0 radical (unpaired) electrons. The molecule has 0 aromatic heterocycles. The summed E-state index contributed by atoms with van der Waals surface area (Å²) in [4.78, 5) is 21.6. The molecule has 0 aliphatic heterocycles. The summed E-state index contributed by atoms with van der Waals surface area (Å²) in [6.07, 6.45) is 0. The smallest absolute Gasteiger partial charge is 0.397 e. The van der Waals surface area contributed by atoms with E-state index in [1.54, 1.807) is 0 Å². The van der Waals surface area contributed by atoms with Gasteiger partial charge in [-0.1, -0.05) is 0 Å². The molecule has 0 unspecified atom stereocenters. The Morgan fingerprint density at radius 1 is 0.607 bits per heavy atom. The minimum atomic E-state index is -5.22. The van der Waals surface area contributed by atoms with Gasteiger partial charge in [-0.2, -0.15) is 43.9 Å². The summed E-state index contributed by atoms with van der Waals surface area (Å²) >= 11 is 0.928. The van der Waals surface area contributed by atoms with Crippen LogP contribution >= 0.6 is 24.1 Å². The first-order chi connectivity index (χ1) is 25.9. The molecule has 0 saturated heterocycles. The Kier molecular flexibility index (Phi) is 13.7. The van der Waals surface area contributed by atoms with Crippen LogP contribution in [0.3, 0.4) is 0 Å². The van der Waals surface area contributed by atoms with Crippen LogP contribution in [-0.4, -0.2) is 82.1 Å². The second-order valence-electron chi connectivity index (χ2n) is 10.1. The largest absolute Gasteiger partial charge is 0.505 e. The van der Waals surface area contributed by atoms with Crippen molar-refractivity contribution in [2.24, 2.45) is 20.5 Å². The number of phenols is 1. The summed E-state index contributed by atoms with van der Waals surface area (Å²) in [6, 6.07) is 11.8. The third kappa shape index (κ3) is 12.6. The Bertz CT molecular complexity index is 2510. The number of anilines is 1. The molecule has 4 rings (SSSR count). The predicted molar refractivity (Wildman–Crippen MR) is 190 cm³/mol. The van der Waals surface area contributed by atoms with Gasteiger partial charge in [0.2, 0.25) is 0 Å². The average molecular weight is 900 g/mol. The summed E-state index contributed by atoms with van der Waals surface area (Å²) < 4.78 is 146. The molecule has 0 amide bonds. The number of nitrogen functional groups attached to an aromatic ring is 1. The van der Waals surface area contributed by atoms with Crippen LogP contribution in [0.5, 0.6) is 5.75 Å². The topological polar surface area (TPSA) is 384 Å². The number of nitrogens with two attached hydrogens (primary N) is 1. The molecule has 4 aromatic rings. The van der Waals surface area contributed by atoms with Crippen LogP contribution in [0.15, 0.2) is 101 Å². The van der Waals surface area contributed by atoms with Crippen LogP contribution in [0.25, 0.3) is 10.8 Å². The second-order valence-corrected chi connectivity index (χ2v) is 16.7. The summed E-state index contributed by atoms with van der Waals surface area (Å²) in [5, 5.41) is 25.5. The molecule has 0 spiro atoms. The lowest BCUT2D eigenvalue weighted by atomic mass is 10.1. The molecule has 0 atom stereocenters. The van der Waals surface area contributed by atoms with E-state index >= 15 is 0 Å². The lowest BCUT2D eigenvalue weighted by molar-refractivity contribution is -0.136. The number of hydrogen-bond acceptors (Lipinski definition) is 22. The van der Waals surface area contributed by atoms with Crippen LogP contribution < -0.4 is 5.73 Å². The molecule has 0 aliphatic carbocycles. The van der Waals surface area contributed by atoms with Crippen LogP contribution in [0.2, 0.25) is 0 Å². The van der Waals surface area contributed by atoms with E-state index in [0.29, 0.717) is 36.2 Å². The summed E-state index contributed by atoms with van der Waals surface area (Å²) in [5.74, 6) is -3.38. The highest BCUT2D eigenvalue weighted by Crippen LogP contribution is 2.48. The van der Waals surface area contributed by atoms with Gasteiger partial charge in [-0.25, -0.2) is 18.0 Å². The molecule has 7 N–H and O–H groups in total. The standard InChI is InChI=1S/C26H21N5O19S6/c27-23-22-13(9-18(53(35,36)37)24(23)30-28-14-1-5-16(6-2-14)51-49-20(32)11-47-55(41,42)43)10-19(54(38,39)40)25(26(22)34)31-29-15-3-7-17(8-4-15)52-50-21(33)12-48-56(44,45)46/h1-10,34H,11-12,27H2,(H,35,36,37)(H,38,39,40)(H,41,42,43)(H,44,45,46). The van der Waals surface area contributed by atoms with Gasteiger partial charge in [0.1, 0.15) is 21.2 Å². The maximum absolute atomic E-state index is 12.4. The Balaban J connectivity index is 1.65. The number of aromatic hydroxyl groups is 1. The van der Waals surface area contributed by atoms with Crippen LogP contribution in [0, 0.1) is 0 Å². The number of rotatable bonds is 16. The van der Waals surface area contributed by atoms with Crippen LogP contribution in [-0.2, 0) is 67.4 Å². The zero-order valence-corrected chi connectivity index (χ0v) is 31.9. The van der Waals surface area contributed by atoms with E-state index in [1.165, 1.54) is 48.5 Å². The first kappa shape index (κ1) is 43.9. The van der Waals surface area contributed by atoms with Gasteiger partial charge in [0.25, 0.3) is 20.2 Å². The van der Waals surface area contributed by atoms with Crippen molar-refractivity contribution < 1.29 is 83.3 Å². The highest BCUT2D eigenvalue weighted by atomic mass is 32.3. The number of hydrogen-bond donors (Lipinski definition) is 6. The first-order valence-electron chi connectivity index (χ1n) is 14.0. The number of carbonyl (C=O) groups is 2. The van der Waals surface area contributed by atoms with E-state index in [-0.39, 0.29) is 21.2 Å². The van der Waals surface area contributed by atoms with Crippen molar-refractivity contribution in [3.63, 3.8) is 0 Å². The molecule has 0 saturated carbocycles. The lowest BCUT2D eigenvalue weighted by Crippen LogP contribution is -2.13. The van der Waals surface area contributed by atoms with Crippen molar-refractivity contribution in [3.05, 3.63) is 60.7 Å². The number of nitrogens with zero attached hydrogens (tertiary/aromatic N) is 4. The fourth-order valence-electron chi connectivity index (χ4n) is 3.94. The van der Waals surface area contributed by atoms with Gasteiger partial charge in [-0.05, 0) is 66.0 Å². The third-order valence-electron chi connectivity index (χ3n) is 6.19. The summed E-state index contributed by atoms with van der Waals surface area (Å²) in [6.45, 7) is -2.23. The van der Waals surface area contributed by atoms with Crippen molar-refractivity contribution in [2.75, 3.05) is 18.9 Å². The average Bonchev–Trinajstić information content (AvgIpc) is 3.09. The van der Waals surface area contributed by atoms with Gasteiger partial charge in [0, 0.05) is 9.79 Å². The van der Waals surface area contributed by atoms with E-state index in [9.17, 15) is 57.5 Å². The fourth-order valence-corrected chi connectivity index (χ4v) is 6.73. The Morgan fingerprint density at radius 3 is 1.36 bits per heavy atom. The fraction of sp³-hybridized carbons (Fsp3) is 0.0769. The molecule has 300 valence electrons. The minimum Gasteiger partial charge on any atom is -0.505 e. The SMILES string of the molecule is Nc1c(N=Nc2ccc(SOC(=O)COS(=O)(=O)O)cc2)c(S(=O)(=O)O)cc2cc(S(=O)(=O)O)c(N=Nc3ccc(SOC(=O)COS(=O)(=O)O)cc3)c(O)c12. The number of azo groups is 2. The predicted octanol–water partition coefficient (Wildman–Crippen LogP) is 4.19. The minimum absolute atomic E-state index is 0.00546. The van der Waals surface area contributed by atoms with Crippen molar-refractivity contribution in [1.82, 2.24) is 0 Å². The number of phenolic OH excluding ortho intramolecular Hbond substituents is 1. The number of benzene rings is 4. The maximum Gasteiger partial charge on any atom is 0.397 e. The van der Waals surface area contributed by atoms with Gasteiger partial charge >= 0.3 is 32.7 Å². The molecule has 0 aliphatic rings. The number of fused-ring (bicyclic) bond motifs is 1. The van der Waals surface area contributed by atoms with E-state index in [1.807, 2.05) is 0 Å². The molecule has 24 nitrogen and oxygen atoms in total. The van der Waals surface area contributed by atoms with Crippen molar-refractivity contribution in [2.45, 2.75) is 19.6 Å². The van der Waals surface area contributed by atoms with Crippen molar-refractivity contribution in [1.29, 1.82) is 0 Å². The van der Waals surface area contributed by atoms with E-state index in [2.05, 4.69) is 28.8 Å². The number of carbonyl (C=O) groups excluding carboxylic acids is 2. The van der Waals surface area contributed by atoms with Crippen molar-refractivity contribution in [3.8, 4) is 5.75 Å². The van der Waals surface area contributed by atoms with Crippen molar-refractivity contribution >= 4 is 116 Å². The second kappa shape index (κ2) is 17.5. The van der Waals surface area contributed by atoms with E-state index < -0.39 is 110 Å². The van der Waals surface area contributed by atoms with Gasteiger partial charge in [-0.15, -0.1) is 10.2 Å². The first-order valence-corrected chi connectivity index (χ1v) is 21.1. The summed E-state index contributed by atoms with van der Waals surface area (Å²) in [5.41, 5.74) is 3.93. The Morgan fingerprint density at radius 2 is 0.982 bits per heavy atom. The van der Waals surface area contributed by atoms with Crippen LogP contribution in [0.4, 0.5) is 28.4 Å². The molecule has 0 bridgehead atoms. The summed E-state index contributed by atoms with van der Waals surface area (Å²) in [7, 11) is -20.2. The molecule has 30 heteroatoms. The molecule has 0 heterocycles. The highest BCUT2D eigenvalue weighted by Gasteiger charge is 2.28. The van der Waals surface area contributed by atoms with Crippen LogP contribution in [0.1, 0.15) is 0 Å². The van der Waals surface area contributed by atoms with E-state index in [4.69, 9.17) is 23.2 Å². The molecule has 0 fully saturated rings. The Labute approximate surface area is 323 Å². The molecule has 4 aromatic carbocycles. The maximum atomic E-state index is 12.4. The zero-order valence-electron chi connectivity index (χ0n) is 27.0. The monoisotopic (exact) mass is 899 g/mol. The third-order valence-corrected chi connectivity index (χ3v) is 10.2. The van der Waals surface area contributed by atoms with Gasteiger partial charge in [-0.3, -0.25) is 18.2 Å². The van der Waals surface area contributed by atoms with E-state index in [0.717, 1.165) is 0 Å². The normalized spacial score (nSPS) is 12.7. The Hall–Kier alpha value is -4.86. The molecular formula is C26H21N5O19S6. The molecular weight excluding hydrogens is 879 g/mol. The molecule has 56 heavy (non-hydrogen) atoms. The van der Waals surface area contributed by atoms with Gasteiger partial charge in [0.05, 0.1) is 46.5 Å². The zero-order chi connectivity index (χ0) is 41.6. The quantitative estimate of drug-likeness (QED) is 0.0397. The highest BCUT2D eigenvalue weighted by molar-refractivity contribution is 7.95. The van der Waals surface area contributed by atoms with Gasteiger partial charge in [0.15, 0.2) is 19.0 Å².